The summed E-state index contributed by atoms with van der Waals surface area (Å²) in [6, 6.07) is 15.4. The molecule has 0 spiro atoms. The second-order valence-corrected chi connectivity index (χ2v) is 7.16. The lowest BCUT2D eigenvalue weighted by Gasteiger charge is -2.20. The van der Waals surface area contributed by atoms with E-state index < -0.39 is 10.0 Å². The van der Waals surface area contributed by atoms with E-state index >= 15 is 0 Å². The Bertz CT molecular complexity index is 936. The molecule has 0 N–H and O–H groups in total. The second kappa shape index (κ2) is 5.59. The highest BCUT2D eigenvalue weighted by atomic mass is 35.5. The molecule has 3 rings (SSSR count). The highest BCUT2D eigenvalue weighted by Gasteiger charge is 2.24. The number of fused-ring (bicyclic) bond motifs is 1. The van der Waals surface area contributed by atoms with Crippen molar-refractivity contribution in [2.45, 2.75) is 4.90 Å². The van der Waals surface area contributed by atoms with Gasteiger partial charge in [-0.1, -0.05) is 35.9 Å². The molecule has 0 saturated heterocycles. The smallest absolute Gasteiger partial charge is 0.266 e. The number of hydrogen-bond acceptors (Lipinski definition) is 3. The monoisotopic (exact) mass is 332 g/mol. The van der Waals surface area contributed by atoms with E-state index in [-0.39, 0.29) is 4.90 Å². The zero-order chi connectivity index (χ0) is 15.7. The summed E-state index contributed by atoms with van der Waals surface area (Å²) >= 11 is 5.95. The topological polar surface area (TPSA) is 50.3 Å². The van der Waals surface area contributed by atoms with Gasteiger partial charge < -0.3 is 0 Å². The number of anilines is 1. The Labute approximate surface area is 134 Å². The fraction of sp³-hybridized carbons (Fsp3) is 0.0625. The summed E-state index contributed by atoms with van der Waals surface area (Å²) in [5.74, 6) is 0. The number of nitrogens with zero attached hydrogens (tertiary/aromatic N) is 2. The molecule has 0 aliphatic rings. The van der Waals surface area contributed by atoms with Crippen LogP contribution in [0.2, 0.25) is 5.02 Å². The average molecular weight is 333 g/mol. The van der Waals surface area contributed by atoms with Crippen molar-refractivity contribution in [3.8, 4) is 0 Å². The normalized spacial score (nSPS) is 11.5. The van der Waals surface area contributed by atoms with Gasteiger partial charge in [-0.15, -0.1) is 0 Å². The summed E-state index contributed by atoms with van der Waals surface area (Å²) in [4.78, 5) is 4.38. The zero-order valence-electron chi connectivity index (χ0n) is 11.8. The molecule has 0 aliphatic heterocycles. The molecule has 2 aromatic carbocycles. The Balaban J connectivity index is 2.16. The van der Waals surface area contributed by atoms with Gasteiger partial charge in [-0.2, -0.15) is 0 Å². The van der Waals surface area contributed by atoms with Gasteiger partial charge >= 0.3 is 0 Å². The molecule has 0 bridgehead atoms. The predicted octanol–water partition coefficient (Wildman–Crippen LogP) is 3.71. The number of hydrogen-bond donors (Lipinski definition) is 0. The minimum Gasteiger partial charge on any atom is -0.269 e. The Hall–Kier alpha value is -2.11. The molecule has 4 nitrogen and oxygen atoms in total. The third-order valence-corrected chi connectivity index (χ3v) is 5.46. The van der Waals surface area contributed by atoms with Crippen molar-refractivity contribution in [2.75, 3.05) is 11.4 Å². The van der Waals surface area contributed by atoms with E-state index in [1.807, 2.05) is 12.1 Å². The molecule has 0 amide bonds. The maximum absolute atomic E-state index is 12.9. The molecule has 112 valence electrons. The highest BCUT2D eigenvalue weighted by molar-refractivity contribution is 7.93. The molecule has 0 radical (unpaired) electrons. The number of para-hydroxylation sites is 1. The third kappa shape index (κ3) is 2.53. The van der Waals surface area contributed by atoms with E-state index in [9.17, 15) is 8.42 Å². The number of rotatable bonds is 3. The molecule has 1 aromatic heterocycles. The van der Waals surface area contributed by atoms with Crippen LogP contribution in [0.25, 0.3) is 10.9 Å². The maximum Gasteiger partial charge on any atom is 0.266 e. The van der Waals surface area contributed by atoms with Gasteiger partial charge in [0.05, 0.1) is 11.2 Å². The minimum atomic E-state index is -3.72. The summed E-state index contributed by atoms with van der Waals surface area (Å²) in [5, 5.41) is 1.26. The minimum absolute atomic E-state index is 0.174. The van der Waals surface area contributed by atoms with Gasteiger partial charge in [-0.05, 0) is 30.3 Å². The molecule has 0 saturated carbocycles. The van der Waals surface area contributed by atoms with Crippen LogP contribution < -0.4 is 4.31 Å². The van der Waals surface area contributed by atoms with Crippen molar-refractivity contribution in [3.63, 3.8) is 0 Å². The Morgan fingerprint density at radius 1 is 1.05 bits per heavy atom. The summed E-state index contributed by atoms with van der Waals surface area (Å²) in [5.41, 5.74) is 0.958. The van der Waals surface area contributed by atoms with Crippen LogP contribution >= 0.6 is 11.6 Å². The zero-order valence-corrected chi connectivity index (χ0v) is 13.3. The summed E-state index contributed by atoms with van der Waals surface area (Å²) in [6.45, 7) is 0. The van der Waals surface area contributed by atoms with Crippen molar-refractivity contribution in [1.29, 1.82) is 0 Å². The average Bonchev–Trinajstić information content (AvgIpc) is 2.53. The molecule has 0 fully saturated rings. The first kappa shape index (κ1) is 14.8. The van der Waals surface area contributed by atoms with Gasteiger partial charge in [-0.3, -0.25) is 9.29 Å². The van der Waals surface area contributed by atoms with E-state index in [0.29, 0.717) is 16.2 Å². The fourth-order valence-corrected chi connectivity index (χ4v) is 3.78. The van der Waals surface area contributed by atoms with Crippen LogP contribution in [-0.2, 0) is 10.0 Å². The molecule has 6 heteroatoms. The fourth-order valence-electron chi connectivity index (χ4n) is 2.24. The molecular formula is C16H13ClN2O2S. The van der Waals surface area contributed by atoms with Gasteiger partial charge in [-0.25, -0.2) is 8.42 Å². The molecule has 0 atom stereocenters. The molecule has 1 heterocycles. The van der Waals surface area contributed by atoms with Crippen LogP contribution in [0.15, 0.2) is 65.7 Å². The highest BCUT2D eigenvalue weighted by Crippen LogP contribution is 2.28. The van der Waals surface area contributed by atoms with Crippen molar-refractivity contribution in [1.82, 2.24) is 4.98 Å². The number of sulfonamides is 1. The van der Waals surface area contributed by atoms with Gasteiger partial charge in [0.15, 0.2) is 0 Å². The lowest BCUT2D eigenvalue weighted by atomic mass is 10.2. The predicted molar refractivity (Wildman–Crippen MR) is 88.8 cm³/mol. The van der Waals surface area contributed by atoms with E-state index in [1.165, 1.54) is 11.4 Å². The van der Waals surface area contributed by atoms with Crippen LogP contribution in [0.3, 0.4) is 0 Å². The Morgan fingerprint density at radius 3 is 2.55 bits per heavy atom. The lowest BCUT2D eigenvalue weighted by Crippen LogP contribution is -2.26. The third-order valence-electron chi connectivity index (χ3n) is 3.41. The van der Waals surface area contributed by atoms with Gasteiger partial charge in [0.25, 0.3) is 10.0 Å². The molecule has 0 unspecified atom stereocenters. The number of halogens is 1. The van der Waals surface area contributed by atoms with Crippen LogP contribution in [0.4, 0.5) is 5.69 Å². The molecule has 3 aromatic rings. The van der Waals surface area contributed by atoms with Crippen molar-refractivity contribution in [2.24, 2.45) is 0 Å². The van der Waals surface area contributed by atoms with Crippen molar-refractivity contribution < 1.29 is 8.42 Å². The van der Waals surface area contributed by atoms with Gasteiger partial charge in [0.2, 0.25) is 0 Å². The van der Waals surface area contributed by atoms with E-state index in [1.54, 1.807) is 48.7 Å². The SMILES string of the molecule is CN(c1cccc(Cl)c1)S(=O)(=O)c1cccc2cccnc12. The molecule has 22 heavy (non-hydrogen) atoms. The summed E-state index contributed by atoms with van der Waals surface area (Å²) in [7, 11) is -2.22. The van der Waals surface area contributed by atoms with Crippen molar-refractivity contribution in [3.05, 3.63) is 65.8 Å². The maximum atomic E-state index is 12.9. The first-order valence-electron chi connectivity index (χ1n) is 6.58. The van der Waals surface area contributed by atoms with Crippen LogP contribution in [-0.4, -0.2) is 20.4 Å². The lowest BCUT2D eigenvalue weighted by molar-refractivity contribution is 0.595. The quantitative estimate of drug-likeness (QED) is 0.734. The van der Waals surface area contributed by atoms with E-state index in [2.05, 4.69) is 4.98 Å². The van der Waals surface area contributed by atoms with E-state index in [4.69, 9.17) is 11.6 Å². The largest absolute Gasteiger partial charge is 0.269 e. The van der Waals surface area contributed by atoms with Crippen molar-refractivity contribution >= 4 is 38.2 Å². The van der Waals surface area contributed by atoms with Gasteiger partial charge in [0.1, 0.15) is 4.90 Å². The Kier molecular flexibility index (Phi) is 3.76. The summed E-state index contributed by atoms with van der Waals surface area (Å²) < 4.78 is 27.0. The first-order chi connectivity index (χ1) is 10.5. The molecule has 0 aliphatic carbocycles. The van der Waals surface area contributed by atoms with Crippen LogP contribution in [0.1, 0.15) is 0 Å². The second-order valence-electron chi connectivity index (χ2n) is 4.78. The number of benzene rings is 2. The summed E-state index contributed by atoms with van der Waals surface area (Å²) in [6.07, 6.45) is 1.58. The first-order valence-corrected chi connectivity index (χ1v) is 8.40. The number of aromatic nitrogens is 1. The molecular weight excluding hydrogens is 320 g/mol. The van der Waals surface area contributed by atoms with Gasteiger partial charge in [0, 0.05) is 23.7 Å². The van der Waals surface area contributed by atoms with Crippen LogP contribution in [0, 0.1) is 0 Å². The Morgan fingerprint density at radius 2 is 1.77 bits per heavy atom. The standard InChI is InChI=1S/C16H13ClN2O2S/c1-19(14-8-3-7-13(17)11-14)22(20,21)15-9-2-5-12-6-4-10-18-16(12)15/h2-11H,1H3. The van der Waals surface area contributed by atoms with E-state index in [0.717, 1.165) is 5.39 Å². The van der Waals surface area contributed by atoms with Crippen LogP contribution in [0.5, 0.6) is 0 Å². The number of pyridine rings is 1.